The number of nitrogen functional groups attached to an aromatic ring is 2. The summed E-state index contributed by atoms with van der Waals surface area (Å²) < 4.78 is 16.9. The Labute approximate surface area is 220 Å². The molecule has 37 heavy (non-hydrogen) atoms. The molecule has 0 aliphatic heterocycles. The first-order valence-electron chi connectivity index (χ1n) is 13.3. The molecule has 0 aromatic heterocycles. The highest BCUT2D eigenvalue weighted by Gasteiger charge is 2.24. The maximum absolute atomic E-state index is 12.5. The van der Waals surface area contributed by atoms with Gasteiger partial charge in [0.1, 0.15) is 6.10 Å². The number of nitrogens with two attached hydrogens (primary N) is 2. The number of carbonyl (C=O) groups is 2. The van der Waals surface area contributed by atoms with E-state index >= 15 is 0 Å². The Morgan fingerprint density at radius 2 is 1.62 bits per heavy atom. The van der Waals surface area contributed by atoms with Crippen LogP contribution in [-0.2, 0) is 19.0 Å². The highest BCUT2D eigenvalue weighted by atomic mass is 16.5. The molecule has 7 nitrogen and oxygen atoms in total. The molecule has 1 aliphatic carbocycles. The zero-order valence-electron chi connectivity index (χ0n) is 22.0. The summed E-state index contributed by atoms with van der Waals surface area (Å²) in [6.45, 7) is 5.09. The summed E-state index contributed by atoms with van der Waals surface area (Å²) in [5.41, 5.74) is 15.4. The number of carbonyl (C=O) groups excluding carboxylic acids is 2. The van der Waals surface area contributed by atoms with E-state index in [1.165, 1.54) is 6.08 Å². The number of unbranched alkanes of at least 4 members (excludes halogenated alkanes) is 1. The molecule has 4 N–H and O–H groups in total. The second-order valence-corrected chi connectivity index (χ2v) is 9.62. The molecule has 0 amide bonds. The van der Waals surface area contributed by atoms with Crippen molar-refractivity contribution in [2.75, 3.05) is 24.7 Å². The van der Waals surface area contributed by atoms with E-state index < -0.39 is 5.97 Å². The summed E-state index contributed by atoms with van der Waals surface area (Å²) in [6, 6.07) is 12.5. The van der Waals surface area contributed by atoms with Crippen LogP contribution in [0.4, 0.5) is 11.4 Å². The molecule has 3 rings (SSSR count). The third-order valence-corrected chi connectivity index (χ3v) is 6.66. The van der Waals surface area contributed by atoms with E-state index in [-0.39, 0.29) is 30.7 Å². The maximum atomic E-state index is 12.5. The minimum atomic E-state index is -0.426. The highest BCUT2D eigenvalue weighted by Crippen LogP contribution is 2.27. The first-order chi connectivity index (χ1) is 17.9. The average Bonchev–Trinajstić information content (AvgIpc) is 2.88. The topological polar surface area (TPSA) is 114 Å². The van der Waals surface area contributed by atoms with Gasteiger partial charge in [-0.25, -0.2) is 9.59 Å². The van der Waals surface area contributed by atoms with Gasteiger partial charge in [0, 0.05) is 30.0 Å². The molecular formula is C30H40N2O5. The summed E-state index contributed by atoms with van der Waals surface area (Å²) >= 11 is 0. The molecule has 0 spiro atoms. The average molecular weight is 509 g/mol. The molecule has 0 radical (unpaired) electrons. The molecule has 1 saturated carbocycles. The van der Waals surface area contributed by atoms with Gasteiger partial charge in [-0.15, -0.1) is 0 Å². The van der Waals surface area contributed by atoms with Crippen LogP contribution < -0.4 is 11.5 Å². The summed E-state index contributed by atoms with van der Waals surface area (Å²) in [5, 5.41) is 0. The summed E-state index contributed by atoms with van der Waals surface area (Å²) in [6.07, 6.45) is 9.68. The van der Waals surface area contributed by atoms with Gasteiger partial charge in [0.15, 0.2) is 0 Å². The van der Waals surface area contributed by atoms with Crippen LogP contribution in [0.3, 0.4) is 0 Å². The lowest BCUT2D eigenvalue weighted by atomic mass is 9.93. The minimum absolute atomic E-state index is 0.0302. The zero-order chi connectivity index (χ0) is 26.6. The lowest BCUT2D eigenvalue weighted by molar-refractivity contribution is -0.138. The Balaban J connectivity index is 1.49. The van der Waals surface area contributed by atoms with Gasteiger partial charge < -0.3 is 25.7 Å². The summed E-state index contributed by atoms with van der Waals surface area (Å²) in [4.78, 5) is 24.9. The van der Waals surface area contributed by atoms with Crippen molar-refractivity contribution in [3.8, 4) is 0 Å². The van der Waals surface area contributed by atoms with E-state index in [1.807, 2.05) is 19.1 Å². The number of hydrogen-bond donors (Lipinski definition) is 2. The Morgan fingerprint density at radius 3 is 2.24 bits per heavy atom. The highest BCUT2D eigenvalue weighted by molar-refractivity contribution is 5.90. The lowest BCUT2D eigenvalue weighted by Crippen LogP contribution is -2.28. The maximum Gasteiger partial charge on any atom is 0.338 e. The second-order valence-electron chi connectivity index (χ2n) is 9.62. The number of hydrogen-bond acceptors (Lipinski definition) is 7. The first kappa shape index (κ1) is 28.3. The fourth-order valence-corrected chi connectivity index (χ4v) is 4.63. The number of ether oxygens (including phenoxy) is 3. The minimum Gasteiger partial charge on any atom is -0.462 e. The quantitative estimate of drug-likeness (QED) is 0.209. The molecule has 0 heterocycles. The molecule has 0 saturated heterocycles. The van der Waals surface area contributed by atoms with Crippen LogP contribution in [0.1, 0.15) is 86.2 Å². The Bertz CT molecular complexity index is 1020. The van der Waals surface area contributed by atoms with Crippen LogP contribution in [0.15, 0.2) is 48.5 Å². The van der Waals surface area contributed by atoms with E-state index in [9.17, 15) is 9.59 Å². The van der Waals surface area contributed by atoms with E-state index in [4.69, 9.17) is 25.7 Å². The number of anilines is 2. The molecule has 1 aliphatic rings. The molecule has 200 valence electrons. The second kappa shape index (κ2) is 14.4. The third-order valence-electron chi connectivity index (χ3n) is 6.66. The largest absolute Gasteiger partial charge is 0.462 e. The molecule has 2 aromatic rings. The van der Waals surface area contributed by atoms with Gasteiger partial charge in [-0.1, -0.05) is 31.9 Å². The fraction of sp³-hybridized carbons (Fsp3) is 0.467. The van der Waals surface area contributed by atoms with Crippen LogP contribution in [0.25, 0.3) is 6.08 Å². The van der Waals surface area contributed by atoms with E-state index in [0.717, 1.165) is 56.1 Å². The molecular weight excluding hydrogens is 468 g/mol. The van der Waals surface area contributed by atoms with Crippen LogP contribution in [-0.4, -0.2) is 37.4 Å². The van der Waals surface area contributed by atoms with Crippen LogP contribution in [0.2, 0.25) is 0 Å². The Hall–Kier alpha value is -3.32. The molecule has 2 aromatic carbocycles. The van der Waals surface area contributed by atoms with E-state index in [0.29, 0.717) is 23.5 Å². The van der Waals surface area contributed by atoms with Gasteiger partial charge in [-0.05, 0) is 86.6 Å². The standard InChI is InChI=1S/C30H40N2O5/c1-3-5-6-23(24-17-25(31)19-26(32)18-24)20-36-29(33)16-9-21-7-10-22(11-8-21)30(34)37-28-14-12-27(13-15-28)35-4-2/h7-11,16-19,23,27-28H,3-6,12-15,20,31-32H2,1-2H3/b16-9+. The Morgan fingerprint density at radius 1 is 0.973 bits per heavy atom. The lowest BCUT2D eigenvalue weighted by Gasteiger charge is -2.28. The molecule has 1 unspecified atom stereocenters. The Kier molecular flexibility index (Phi) is 11.0. The van der Waals surface area contributed by atoms with Crippen molar-refractivity contribution in [2.24, 2.45) is 0 Å². The van der Waals surface area contributed by atoms with Gasteiger partial charge >= 0.3 is 11.9 Å². The number of benzene rings is 2. The predicted octanol–water partition coefficient (Wildman–Crippen LogP) is 5.89. The van der Waals surface area contributed by atoms with E-state index in [1.54, 1.807) is 36.4 Å². The van der Waals surface area contributed by atoms with Gasteiger partial charge in [0.25, 0.3) is 0 Å². The van der Waals surface area contributed by atoms with Crippen molar-refractivity contribution in [2.45, 2.75) is 76.9 Å². The van der Waals surface area contributed by atoms with Crippen molar-refractivity contribution in [3.05, 3.63) is 65.2 Å². The fourth-order valence-electron chi connectivity index (χ4n) is 4.63. The van der Waals surface area contributed by atoms with Gasteiger partial charge in [0.2, 0.25) is 0 Å². The monoisotopic (exact) mass is 508 g/mol. The van der Waals surface area contributed by atoms with Crippen molar-refractivity contribution in [1.29, 1.82) is 0 Å². The molecule has 1 fully saturated rings. The molecule has 7 heteroatoms. The van der Waals surface area contributed by atoms with E-state index in [2.05, 4.69) is 6.92 Å². The number of rotatable bonds is 12. The predicted molar refractivity (Wildman–Crippen MR) is 147 cm³/mol. The van der Waals surface area contributed by atoms with Crippen molar-refractivity contribution >= 4 is 29.4 Å². The molecule has 0 bridgehead atoms. The van der Waals surface area contributed by atoms with Crippen LogP contribution in [0, 0.1) is 0 Å². The van der Waals surface area contributed by atoms with Gasteiger partial charge in [-0.2, -0.15) is 0 Å². The SMILES string of the molecule is CCCCC(COC(=O)/C=C/c1ccc(C(=O)OC2CCC(OCC)CC2)cc1)c1cc(N)cc(N)c1. The normalized spacial score (nSPS) is 18.4. The van der Waals surface area contributed by atoms with Gasteiger partial charge in [0.05, 0.1) is 18.3 Å². The zero-order valence-corrected chi connectivity index (χ0v) is 22.0. The summed E-state index contributed by atoms with van der Waals surface area (Å²) in [7, 11) is 0. The summed E-state index contributed by atoms with van der Waals surface area (Å²) in [5.74, 6) is -0.720. The van der Waals surface area contributed by atoms with Crippen molar-refractivity contribution < 1.29 is 23.8 Å². The van der Waals surface area contributed by atoms with Crippen LogP contribution in [0.5, 0.6) is 0 Å². The van der Waals surface area contributed by atoms with Gasteiger partial charge in [-0.3, -0.25) is 0 Å². The van der Waals surface area contributed by atoms with Crippen LogP contribution >= 0.6 is 0 Å². The first-order valence-corrected chi connectivity index (χ1v) is 13.3. The number of esters is 2. The van der Waals surface area contributed by atoms with Crippen molar-refractivity contribution in [3.63, 3.8) is 0 Å². The third kappa shape index (κ3) is 9.25. The van der Waals surface area contributed by atoms with Crippen molar-refractivity contribution in [1.82, 2.24) is 0 Å². The molecule has 1 atom stereocenters. The smallest absolute Gasteiger partial charge is 0.338 e.